The molecule has 1 amide bonds. The number of para-hydroxylation sites is 1. The highest BCUT2D eigenvalue weighted by Crippen LogP contribution is 2.12. The van der Waals surface area contributed by atoms with Crippen molar-refractivity contribution in [2.45, 2.75) is 6.92 Å². The van der Waals surface area contributed by atoms with Crippen molar-refractivity contribution in [1.82, 2.24) is 9.78 Å². The predicted molar refractivity (Wildman–Crippen MR) is 67.8 cm³/mol. The summed E-state index contributed by atoms with van der Waals surface area (Å²) >= 11 is 0. The highest BCUT2D eigenvalue weighted by Gasteiger charge is 2.26. The summed E-state index contributed by atoms with van der Waals surface area (Å²) in [5, 5.41) is 33.6. The van der Waals surface area contributed by atoms with Gasteiger partial charge in [-0.1, -0.05) is 18.2 Å². The number of benzene rings is 1. The van der Waals surface area contributed by atoms with Crippen LogP contribution >= 0.6 is 0 Å². The Labute approximate surface area is 114 Å². The molecule has 104 valence electrons. The first-order chi connectivity index (χ1) is 9.43. The van der Waals surface area contributed by atoms with E-state index in [1.54, 1.807) is 18.2 Å². The van der Waals surface area contributed by atoms with Gasteiger partial charge in [-0.3, -0.25) is 15.4 Å². The number of carbonyl (C=O) groups is 1. The number of amides is 1. The van der Waals surface area contributed by atoms with Crippen molar-refractivity contribution in [3.8, 4) is 0 Å². The third kappa shape index (κ3) is 2.24. The molecule has 0 unspecified atom stereocenters. The van der Waals surface area contributed by atoms with Gasteiger partial charge in [0, 0.05) is 6.92 Å². The van der Waals surface area contributed by atoms with E-state index in [1.807, 2.05) is 0 Å². The summed E-state index contributed by atoms with van der Waals surface area (Å²) in [6, 6.07) is 8.00. The average Bonchev–Trinajstić information content (AvgIpc) is 2.45. The van der Waals surface area contributed by atoms with Crippen LogP contribution in [0.3, 0.4) is 0 Å². The number of carbonyl (C=O) groups excluding carboxylic acids is 1. The number of aryl methyl sites for hydroxylation is 2. The zero-order valence-corrected chi connectivity index (χ0v) is 10.9. The molecule has 1 aromatic heterocycles. The summed E-state index contributed by atoms with van der Waals surface area (Å²) in [4.78, 5) is 12.2. The van der Waals surface area contributed by atoms with Crippen LogP contribution in [-0.2, 0) is 7.05 Å². The number of aromatic nitrogens is 3. The summed E-state index contributed by atoms with van der Waals surface area (Å²) in [6.07, 6.45) is 0. The average molecular weight is 275 g/mol. The van der Waals surface area contributed by atoms with Crippen LogP contribution < -0.4 is 15.3 Å². The minimum Gasteiger partial charge on any atom is -0.710 e. The molecule has 0 aliphatic carbocycles. The number of nitrogens with one attached hydrogen (secondary N) is 1. The van der Waals surface area contributed by atoms with Gasteiger partial charge < -0.3 is 5.21 Å². The van der Waals surface area contributed by atoms with E-state index in [0.29, 0.717) is 5.06 Å². The Bertz CT molecular complexity index is 711. The van der Waals surface area contributed by atoms with Gasteiger partial charge in [0.05, 0.1) is 17.8 Å². The molecular formula is C12H13N5O3. The van der Waals surface area contributed by atoms with Crippen molar-refractivity contribution in [1.29, 1.82) is 5.41 Å². The topological polar surface area (TPSA) is 109 Å². The van der Waals surface area contributed by atoms with E-state index in [0.717, 1.165) is 4.68 Å². The molecule has 1 heterocycles. The highest BCUT2D eigenvalue weighted by molar-refractivity contribution is 6.01. The van der Waals surface area contributed by atoms with E-state index in [9.17, 15) is 15.2 Å². The zero-order chi connectivity index (χ0) is 14.9. The second kappa shape index (κ2) is 5.10. The van der Waals surface area contributed by atoms with E-state index in [-0.39, 0.29) is 21.7 Å². The monoisotopic (exact) mass is 275 g/mol. The molecule has 0 saturated carbocycles. The van der Waals surface area contributed by atoms with Crippen LogP contribution in [0.2, 0.25) is 0 Å². The first kappa shape index (κ1) is 13.7. The van der Waals surface area contributed by atoms with Crippen LogP contribution in [0, 0.1) is 17.5 Å². The Kier molecular flexibility index (Phi) is 3.49. The standard InChI is InChI=1S/C12H13N5O3/c1-8-14-15(2)11(13)10(16(8)19)12(18)17(20)9-6-4-3-5-7-9/h3-7,13,20H,1-2H3. The number of hydroxylamine groups is 1. The van der Waals surface area contributed by atoms with Crippen LogP contribution in [0.1, 0.15) is 16.3 Å². The molecule has 2 rings (SSSR count). The molecule has 0 fully saturated rings. The van der Waals surface area contributed by atoms with Crippen LogP contribution in [-0.4, -0.2) is 20.9 Å². The quantitative estimate of drug-likeness (QED) is 0.344. The van der Waals surface area contributed by atoms with Crippen LogP contribution in [0.4, 0.5) is 5.69 Å². The third-order valence-electron chi connectivity index (χ3n) is 2.74. The highest BCUT2D eigenvalue weighted by atomic mass is 16.5. The van der Waals surface area contributed by atoms with E-state index >= 15 is 0 Å². The lowest BCUT2D eigenvalue weighted by Gasteiger charge is -2.16. The summed E-state index contributed by atoms with van der Waals surface area (Å²) < 4.78 is 1.33. The molecule has 2 aromatic rings. The van der Waals surface area contributed by atoms with Gasteiger partial charge in [0.1, 0.15) is 0 Å². The molecule has 0 radical (unpaired) electrons. The number of hydrogen-bond acceptors (Lipinski definition) is 5. The minimum atomic E-state index is -0.989. The predicted octanol–water partition coefficient (Wildman–Crippen LogP) is -0.123. The van der Waals surface area contributed by atoms with Gasteiger partial charge in [-0.05, 0) is 12.1 Å². The zero-order valence-electron chi connectivity index (χ0n) is 10.9. The summed E-state index contributed by atoms with van der Waals surface area (Å²) in [6.45, 7) is 1.41. The van der Waals surface area contributed by atoms with Crippen molar-refractivity contribution in [2.75, 3.05) is 5.06 Å². The fraction of sp³-hybridized carbons (Fsp3) is 0.167. The lowest BCUT2D eigenvalue weighted by Crippen LogP contribution is -2.51. The first-order valence-electron chi connectivity index (χ1n) is 5.74. The van der Waals surface area contributed by atoms with Crippen LogP contribution in [0.5, 0.6) is 0 Å². The van der Waals surface area contributed by atoms with Crippen molar-refractivity contribution in [3.05, 3.63) is 52.5 Å². The van der Waals surface area contributed by atoms with Gasteiger partial charge >= 0.3 is 11.7 Å². The molecular weight excluding hydrogens is 262 g/mol. The van der Waals surface area contributed by atoms with Crippen molar-refractivity contribution in [3.63, 3.8) is 0 Å². The SMILES string of the molecule is Cc1nn(C)c(=N)c(C(=O)N(O)c2ccccc2)[n+]1[O-]. The Morgan fingerprint density at radius 3 is 2.65 bits per heavy atom. The molecule has 0 aliphatic rings. The van der Waals surface area contributed by atoms with E-state index in [1.165, 1.54) is 26.1 Å². The van der Waals surface area contributed by atoms with Gasteiger partial charge in [0.15, 0.2) is 0 Å². The Morgan fingerprint density at radius 1 is 1.45 bits per heavy atom. The summed E-state index contributed by atoms with van der Waals surface area (Å²) in [5.74, 6) is -0.981. The molecule has 1 aromatic carbocycles. The fourth-order valence-corrected chi connectivity index (χ4v) is 1.69. The number of hydrogen-bond donors (Lipinski definition) is 2. The van der Waals surface area contributed by atoms with Gasteiger partial charge in [0.2, 0.25) is 11.2 Å². The maximum Gasteiger partial charge on any atom is 0.326 e. The normalized spacial score (nSPS) is 10.3. The lowest BCUT2D eigenvalue weighted by molar-refractivity contribution is -0.620. The molecule has 8 heteroatoms. The molecule has 20 heavy (non-hydrogen) atoms. The van der Waals surface area contributed by atoms with Gasteiger partial charge in [-0.25, -0.2) is 4.73 Å². The first-order valence-corrected chi connectivity index (χ1v) is 5.74. The molecule has 0 atom stereocenters. The summed E-state index contributed by atoms with van der Waals surface area (Å²) in [5.41, 5.74) is -0.675. The third-order valence-corrected chi connectivity index (χ3v) is 2.74. The van der Waals surface area contributed by atoms with E-state index in [2.05, 4.69) is 5.10 Å². The molecule has 0 aliphatic heterocycles. The number of anilines is 1. The second-order valence-electron chi connectivity index (χ2n) is 4.11. The van der Waals surface area contributed by atoms with E-state index in [4.69, 9.17) is 5.41 Å². The molecule has 2 N–H and O–H groups in total. The van der Waals surface area contributed by atoms with Crippen molar-refractivity contribution in [2.24, 2.45) is 7.05 Å². The Balaban J connectivity index is 2.53. The fourth-order valence-electron chi connectivity index (χ4n) is 1.69. The van der Waals surface area contributed by atoms with Crippen molar-refractivity contribution < 1.29 is 14.7 Å². The second-order valence-corrected chi connectivity index (χ2v) is 4.11. The van der Waals surface area contributed by atoms with Crippen LogP contribution in [0.15, 0.2) is 30.3 Å². The largest absolute Gasteiger partial charge is 0.710 e. The van der Waals surface area contributed by atoms with Gasteiger partial charge in [-0.15, -0.1) is 0 Å². The number of rotatable bonds is 2. The lowest BCUT2D eigenvalue weighted by atomic mass is 10.3. The Hall–Kier alpha value is -2.74. The maximum absolute atomic E-state index is 12.2. The number of nitrogens with zero attached hydrogens (tertiary/aromatic N) is 4. The molecule has 0 bridgehead atoms. The van der Waals surface area contributed by atoms with E-state index < -0.39 is 11.6 Å². The molecule has 0 saturated heterocycles. The van der Waals surface area contributed by atoms with Gasteiger partial charge in [0.25, 0.3) is 0 Å². The van der Waals surface area contributed by atoms with Crippen LogP contribution in [0.25, 0.3) is 0 Å². The molecule has 0 spiro atoms. The Morgan fingerprint density at radius 2 is 2.05 bits per heavy atom. The maximum atomic E-state index is 12.2. The minimum absolute atomic E-state index is 0.00770. The molecule has 8 nitrogen and oxygen atoms in total. The van der Waals surface area contributed by atoms with Gasteiger partial charge in [-0.2, -0.15) is 9.75 Å². The smallest absolute Gasteiger partial charge is 0.326 e. The summed E-state index contributed by atoms with van der Waals surface area (Å²) in [7, 11) is 1.44. The van der Waals surface area contributed by atoms with Crippen molar-refractivity contribution >= 4 is 11.6 Å².